The van der Waals surface area contributed by atoms with Crippen LogP contribution in [0, 0.1) is 0 Å². The highest BCUT2D eigenvalue weighted by atomic mass is 79.9. The predicted octanol–water partition coefficient (Wildman–Crippen LogP) is 2.06. The summed E-state index contributed by atoms with van der Waals surface area (Å²) in [6, 6.07) is 8.45. The fourth-order valence-electron chi connectivity index (χ4n) is 1.95. The highest BCUT2D eigenvalue weighted by molar-refractivity contribution is 9.10. The number of likely N-dealkylation sites (tertiary alicyclic amines) is 1. The van der Waals surface area contributed by atoms with E-state index in [0.717, 1.165) is 36.9 Å². The average Bonchev–Trinajstić information content (AvgIpc) is 2.64. The lowest BCUT2D eigenvalue weighted by Gasteiger charge is -2.14. The van der Waals surface area contributed by atoms with Crippen molar-refractivity contribution in [2.75, 3.05) is 19.6 Å². The molecule has 0 aliphatic carbocycles. The van der Waals surface area contributed by atoms with Crippen LogP contribution in [0.2, 0.25) is 0 Å². The van der Waals surface area contributed by atoms with Crippen LogP contribution >= 0.6 is 15.9 Å². The van der Waals surface area contributed by atoms with E-state index in [1.165, 1.54) is 5.56 Å². The van der Waals surface area contributed by atoms with Gasteiger partial charge >= 0.3 is 0 Å². The molecule has 15 heavy (non-hydrogen) atoms. The van der Waals surface area contributed by atoms with Gasteiger partial charge in [-0.2, -0.15) is 0 Å². The molecule has 0 saturated carbocycles. The number of halogens is 1. The van der Waals surface area contributed by atoms with Gasteiger partial charge < -0.3 is 10.0 Å². The normalized spacial score (nSPS) is 22.1. The van der Waals surface area contributed by atoms with Gasteiger partial charge in [0, 0.05) is 24.1 Å². The van der Waals surface area contributed by atoms with Crippen LogP contribution in [0.5, 0.6) is 0 Å². The van der Waals surface area contributed by atoms with E-state index < -0.39 is 0 Å². The smallest absolute Gasteiger partial charge is 0.0679 e. The van der Waals surface area contributed by atoms with Gasteiger partial charge in [-0.05, 0) is 30.5 Å². The molecule has 1 aliphatic heterocycles. The minimum atomic E-state index is -0.102. The van der Waals surface area contributed by atoms with Gasteiger partial charge in [-0.3, -0.25) is 0 Å². The van der Waals surface area contributed by atoms with Crippen LogP contribution in [-0.4, -0.2) is 35.7 Å². The highest BCUT2D eigenvalue weighted by Crippen LogP contribution is 2.13. The molecular weight excluding hydrogens is 254 g/mol. The maximum atomic E-state index is 9.39. The zero-order chi connectivity index (χ0) is 10.7. The molecule has 1 aromatic carbocycles. The monoisotopic (exact) mass is 269 g/mol. The third-order valence-electron chi connectivity index (χ3n) is 2.88. The molecular formula is C12H16BrNO. The van der Waals surface area contributed by atoms with Crippen LogP contribution in [0.15, 0.2) is 28.7 Å². The van der Waals surface area contributed by atoms with E-state index >= 15 is 0 Å². The van der Waals surface area contributed by atoms with Gasteiger partial charge in [-0.15, -0.1) is 0 Å². The Labute approximate surface area is 99.0 Å². The first kappa shape index (κ1) is 11.1. The summed E-state index contributed by atoms with van der Waals surface area (Å²) in [6.45, 7) is 2.94. The first-order chi connectivity index (χ1) is 7.24. The molecule has 1 heterocycles. The van der Waals surface area contributed by atoms with Gasteiger partial charge in [-0.25, -0.2) is 0 Å². The molecule has 0 amide bonds. The maximum absolute atomic E-state index is 9.39. The Kier molecular flexibility index (Phi) is 3.78. The third kappa shape index (κ3) is 3.30. The van der Waals surface area contributed by atoms with Crippen molar-refractivity contribution in [1.82, 2.24) is 4.90 Å². The van der Waals surface area contributed by atoms with E-state index in [1.54, 1.807) is 0 Å². The lowest BCUT2D eigenvalue weighted by Crippen LogP contribution is -2.24. The van der Waals surface area contributed by atoms with Crippen molar-refractivity contribution in [2.45, 2.75) is 18.9 Å². The second-order valence-electron chi connectivity index (χ2n) is 4.12. The summed E-state index contributed by atoms with van der Waals surface area (Å²) in [4.78, 5) is 2.33. The van der Waals surface area contributed by atoms with Gasteiger partial charge in [0.25, 0.3) is 0 Å². The van der Waals surface area contributed by atoms with Gasteiger partial charge in [0.15, 0.2) is 0 Å². The Balaban J connectivity index is 1.80. The Hall–Kier alpha value is -0.380. The van der Waals surface area contributed by atoms with Crippen molar-refractivity contribution >= 4 is 15.9 Å². The largest absolute Gasteiger partial charge is 0.392 e. The molecule has 0 bridgehead atoms. The van der Waals surface area contributed by atoms with E-state index in [9.17, 15) is 5.11 Å². The fraction of sp³-hybridized carbons (Fsp3) is 0.500. The topological polar surface area (TPSA) is 23.5 Å². The van der Waals surface area contributed by atoms with Gasteiger partial charge in [0.2, 0.25) is 0 Å². The molecule has 1 aromatic rings. The number of β-amino-alcohol motifs (C(OH)–C–C–N with tert-alkyl or cyclic N) is 1. The molecule has 82 valence electrons. The lowest BCUT2D eigenvalue weighted by atomic mass is 10.1. The van der Waals surface area contributed by atoms with Crippen molar-refractivity contribution in [3.05, 3.63) is 34.3 Å². The van der Waals surface area contributed by atoms with Gasteiger partial charge in [0.1, 0.15) is 0 Å². The summed E-state index contributed by atoms with van der Waals surface area (Å²) in [5.41, 5.74) is 1.36. The summed E-state index contributed by atoms with van der Waals surface area (Å²) in [6.07, 6.45) is 1.90. The molecule has 3 heteroatoms. The first-order valence-corrected chi connectivity index (χ1v) is 6.18. The second kappa shape index (κ2) is 5.10. The van der Waals surface area contributed by atoms with E-state index in [0.29, 0.717) is 0 Å². The van der Waals surface area contributed by atoms with Crippen molar-refractivity contribution in [2.24, 2.45) is 0 Å². The summed E-state index contributed by atoms with van der Waals surface area (Å²) in [5, 5.41) is 9.39. The van der Waals surface area contributed by atoms with Gasteiger partial charge in [0.05, 0.1) is 6.10 Å². The van der Waals surface area contributed by atoms with Crippen molar-refractivity contribution < 1.29 is 5.11 Å². The van der Waals surface area contributed by atoms with E-state index in [1.807, 2.05) is 0 Å². The molecule has 1 unspecified atom stereocenters. The van der Waals surface area contributed by atoms with Crippen molar-refractivity contribution in [3.8, 4) is 0 Å². The highest BCUT2D eigenvalue weighted by Gasteiger charge is 2.19. The molecule has 1 fully saturated rings. The van der Waals surface area contributed by atoms with Crippen LogP contribution in [0.4, 0.5) is 0 Å². The number of hydrogen-bond acceptors (Lipinski definition) is 2. The number of benzene rings is 1. The number of rotatable bonds is 3. The SMILES string of the molecule is OC1CCN(CCc2ccc(Br)cc2)C1. The Morgan fingerprint density at radius 2 is 2.07 bits per heavy atom. The molecule has 2 rings (SSSR count). The summed E-state index contributed by atoms with van der Waals surface area (Å²) in [7, 11) is 0. The minimum Gasteiger partial charge on any atom is -0.392 e. The first-order valence-electron chi connectivity index (χ1n) is 5.39. The van der Waals surface area contributed by atoms with Crippen LogP contribution < -0.4 is 0 Å². The second-order valence-corrected chi connectivity index (χ2v) is 5.04. The minimum absolute atomic E-state index is 0.102. The van der Waals surface area contributed by atoms with Crippen molar-refractivity contribution in [3.63, 3.8) is 0 Å². The lowest BCUT2D eigenvalue weighted by molar-refractivity contribution is 0.177. The van der Waals surface area contributed by atoms with Gasteiger partial charge in [-0.1, -0.05) is 28.1 Å². The number of aliphatic hydroxyl groups excluding tert-OH is 1. The third-order valence-corrected chi connectivity index (χ3v) is 3.41. The number of nitrogens with zero attached hydrogens (tertiary/aromatic N) is 1. The average molecular weight is 270 g/mol. The van der Waals surface area contributed by atoms with Crippen LogP contribution in [-0.2, 0) is 6.42 Å². The molecule has 0 radical (unpaired) electrons. The zero-order valence-corrected chi connectivity index (χ0v) is 10.3. The zero-order valence-electron chi connectivity index (χ0n) is 8.69. The summed E-state index contributed by atoms with van der Waals surface area (Å²) < 4.78 is 1.13. The molecule has 1 atom stereocenters. The van der Waals surface area contributed by atoms with E-state index in [4.69, 9.17) is 0 Å². The Morgan fingerprint density at radius 3 is 2.67 bits per heavy atom. The van der Waals surface area contributed by atoms with Crippen LogP contribution in [0.3, 0.4) is 0 Å². The maximum Gasteiger partial charge on any atom is 0.0679 e. The number of hydrogen-bond donors (Lipinski definition) is 1. The predicted molar refractivity (Wildman–Crippen MR) is 64.9 cm³/mol. The molecule has 1 N–H and O–H groups in total. The summed E-state index contributed by atoms with van der Waals surface area (Å²) >= 11 is 3.43. The quantitative estimate of drug-likeness (QED) is 0.908. The summed E-state index contributed by atoms with van der Waals surface area (Å²) in [5.74, 6) is 0. The molecule has 1 aliphatic rings. The molecule has 0 aromatic heterocycles. The standard InChI is InChI=1S/C12H16BrNO/c13-11-3-1-10(2-4-11)5-7-14-8-6-12(15)9-14/h1-4,12,15H,5-9H2. The Bertz CT molecular complexity index is 312. The van der Waals surface area contributed by atoms with Crippen LogP contribution in [0.1, 0.15) is 12.0 Å². The van der Waals surface area contributed by atoms with E-state index in [2.05, 4.69) is 45.1 Å². The van der Waals surface area contributed by atoms with Crippen LogP contribution in [0.25, 0.3) is 0 Å². The molecule has 2 nitrogen and oxygen atoms in total. The number of aliphatic hydroxyl groups is 1. The van der Waals surface area contributed by atoms with E-state index in [-0.39, 0.29) is 6.10 Å². The molecule has 1 saturated heterocycles. The molecule has 0 spiro atoms. The Morgan fingerprint density at radius 1 is 1.33 bits per heavy atom. The fourth-order valence-corrected chi connectivity index (χ4v) is 2.22. The van der Waals surface area contributed by atoms with Crippen molar-refractivity contribution in [1.29, 1.82) is 0 Å².